The van der Waals surface area contributed by atoms with Gasteiger partial charge in [-0.25, -0.2) is 0 Å². The summed E-state index contributed by atoms with van der Waals surface area (Å²) in [7, 11) is 0. The maximum absolute atomic E-state index is 9.46. The summed E-state index contributed by atoms with van der Waals surface area (Å²) >= 11 is 0. The molecule has 1 fully saturated rings. The molecule has 2 nitrogen and oxygen atoms in total. The van der Waals surface area contributed by atoms with Gasteiger partial charge < -0.3 is 5.11 Å². The molecule has 1 aliphatic rings. The number of likely N-dealkylation sites (N-methyl/N-ethyl adjacent to an activating group) is 1. The molecule has 0 unspecified atom stereocenters. The van der Waals surface area contributed by atoms with E-state index in [2.05, 4.69) is 18.7 Å². The molecule has 2 heteroatoms. The number of rotatable bonds is 4. The van der Waals surface area contributed by atoms with Gasteiger partial charge in [0.05, 0.1) is 6.10 Å². The molecule has 1 heterocycles. The quantitative estimate of drug-likeness (QED) is 0.695. The number of β-amino-alcohol motifs (C(OH)–C–C–N with tert-alkyl or cyclic N) is 1. The third kappa shape index (κ3) is 2.46. The fourth-order valence-electron chi connectivity index (χ4n) is 2.08. The Hall–Kier alpha value is -0.0800. The lowest BCUT2D eigenvalue weighted by atomic mass is 10.1. The van der Waals surface area contributed by atoms with Crippen LogP contribution in [0, 0.1) is 0 Å². The first kappa shape index (κ1) is 10.0. The zero-order chi connectivity index (χ0) is 8.97. The van der Waals surface area contributed by atoms with E-state index in [1.807, 2.05) is 0 Å². The van der Waals surface area contributed by atoms with Crippen molar-refractivity contribution in [3.8, 4) is 0 Å². The smallest absolute Gasteiger partial charge is 0.0682 e. The summed E-state index contributed by atoms with van der Waals surface area (Å²) in [6, 6.07) is 0.657. The Morgan fingerprint density at radius 2 is 2.17 bits per heavy atom. The molecular weight excluding hydrogens is 150 g/mol. The topological polar surface area (TPSA) is 23.5 Å². The lowest BCUT2D eigenvalue weighted by Crippen LogP contribution is -2.29. The second kappa shape index (κ2) is 4.83. The molecule has 0 amide bonds. The summed E-state index contributed by atoms with van der Waals surface area (Å²) < 4.78 is 0. The van der Waals surface area contributed by atoms with E-state index in [9.17, 15) is 5.11 Å². The van der Waals surface area contributed by atoms with Crippen molar-refractivity contribution in [1.82, 2.24) is 4.90 Å². The van der Waals surface area contributed by atoms with Gasteiger partial charge >= 0.3 is 0 Å². The summed E-state index contributed by atoms with van der Waals surface area (Å²) in [5.41, 5.74) is 0. The van der Waals surface area contributed by atoms with Crippen LogP contribution in [0.15, 0.2) is 0 Å². The van der Waals surface area contributed by atoms with Gasteiger partial charge in [0.1, 0.15) is 0 Å². The van der Waals surface area contributed by atoms with Crippen LogP contribution in [-0.2, 0) is 0 Å². The number of likely N-dealkylation sites (tertiary alicyclic amines) is 1. The van der Waals surface area contributed by atoms with Gasteiger partial charge in [-0.05, 0) is 19.4 Å². The van der Waals surface area contributed by atoms with Crippen LogP contribution in [0.2, 0.25) is 0 Å². The number of aliphatic hydroxyl groups excluding tert-OH is 1. The highest BCUT2D eigenvalue weighted by molar-refractivity contribution is 4.83. The van der Waals surface area contributed by atoms with Gasteiger partial charge in [0.15, 0.2) is 0 Å². The van der Waals surface area contributed by atoms with Crippen LogP contribution < -0.4 is 0 Å². The number of aliphatic hydroxyl groups is 1. The van der Waals surface area contributed by atoms with Crippen molar-refractivity contribution < 1.29 is 5.11 Å². The molecule has 1 aliphatic heterocycles. The number of nitrogens with zero attached hydrogens (tertiary/aromatic N) is 1. The molecule has 0 saturated carbocycles. The van der Waals surface area contributed by atoms with E-state index in [0.29, 0.717) is 6.04 Å². The maximum Gasteiger partial charge on any atom is 0.0682 e. The van der Waals surface area contributed by atoms with Crippen LogP contribution in [0.5, 0.6) is 0 Å². The second-order valence-corrected chi connectivity index (χ2v) is 3.77. The third-order valence-corrected chi connectivity index (χ3v) is 2.80. The Morgan fingerprint density at radius 1 is 1.42 bits per heavy atom. The van der Waals surface area contributed by atoms with E-state index in [1.165, 1.54) is 19.3 Å². The van der Waals surface area contributed by atoms with Gasteiger partial charge in [0, 0.05) is 12.6 Å². The van der Waals surface area contributed by atoms with E-state index < -0.39 is 0 Å². The molecule has 1 N–H and O–H groups in total. The molecule has 1 saturated heterocycles. The Kier molecular flexibility index (Phi) is 4.02. The molecule has 72 valence electrons. The lowest BCUT2D eigenvalue weighted by Gasteiger charge is -2.21. The van der Waals surface area contributed by atoms with Crippen molar-refractivity contribution in [1.29, 1.82) is 0 Å². The summed E-state index contributed by atoms with van der Waals surface area (Å²) in [6.07, 6.45) is 4.76. The molecular formula is C10H21NO. The average molecular weight is 171 g/mol. The van der Waals surface area contributed by atoms with E-state index in [1.54, 1.807) is 0 Å². The molecule has 0 aliphatic carbocycles. The zero-order valence-electron chi connectivity index (χ0n) is 8.29. The molecule has 2 atom stereocenters. The van der Waals surface area contributed by atoms with E-state index in [4.69, 9.17) is 0 Å². The first-order valence-electron chi connectivity index (χ1n) is 5.20. The number of hydrogen-bond acceptors (Lipinski definition) is 2. The van der Waals surface area contributed by atoms with Crippen LogP contribution in [-0.4, -0.2) is 35.2 Å². The fourth-order valence-corrected chi connectivity index (χ4v) is 2.08. The molecule has 0 radical (unpaired) electrons. The minimum Gasteiger partial charge on any atom is -0.392 e. The van der Waals surface area contributed by atoms with Crippen molar-refractivity contribution in [3.63, 3.8) is 0 Å². The third-order valence-electron chi connectivity index (χ3n) is 2.80. The van der Waals surface area contributed by atoms with Gasteiger partial charge in [-0.2, -0.15) is 0 Å². The first-order chi connectivity index (χ1) is 5.77. The summed E-state index contributed by atoms with van der Waals surface area (Å²) in [6.45, 7) is 6.38. The molecule has 0 bridgehead atoms. The van der Waals surface area contributed by atoms with Crippen LogP contribution in [0.1, 0.15) is 39.5 Å². The average Bonchev–Trinajstić information content (AvgIpc) is 2.42. The predicted octanol–water partition coefficient (Wildman–Crippen LogP) is 1.63. The van der Waals surface area contributed by atoms with Crippen LogP contribution >= 0.6 is 0 Å². The van der Waals surface area contributed by atoms with Crippen LogP contribution in [0.4, 0.5) is 0 Å². The van der Waals surface area contributed by atoms with Gasteiger partial charge in [-0.1, -0.05) is 26.7 Å². The van der Waals surface area contributed by atoms with E-state index >= 15 is 0 Å². The predicted molar refractivity (Wildman–Crippen MR) is 51.2 cm³/mol. The fraction of sp³-hybridized carbons (Fsp3) is 1.00. The highest BCUT2D eigenvalue weighted by atomic mass is 16.3. The Balaban J connectivity index is 2.30. The lowest BCUT2D eigenvalue weighted by molar-refractivity contribution is 0.177. The molecule has 0 aromatic carbocycles. The first-order valence-corrected chi connectivity index (χ1v) is 5.20. The minimum absolute atomic E-state index is 0.0631. The molecule has 0 aromatic heterocycles. The Bertz CT molecular complexity index is 127. The monoisotopic (exact) mass is 171 g/mol. The van der Waals surface area contributed by atoms with Crippen LogP contribution in [0.3, 0.4) is 0 Å². The number of hydrogen-bond donors (Lipinski definition) is 1. The molecule has 1 rings (SSSR count). The highest BCUT2D eigenvalue weighted by Crippen LogP contribution is 2.21. The van der Waals surface area contributed by atoms with Crippen molar-refractivity contribution in [2.75, 3.05) is 13.1 Å². The standard InChI is InChI=1S/C10H21NO/c1-3-5-6-9-7-10(12)8-11(9)4-2/h9-10,12H,3-8H2,1-2H3/t9-,10-/m0/s1. The van der Waals surface area contributed by atoms with Crippen LogP contribution in [0.25, 0.3) is 0 Å². The molecule has 0 spiro atoms. The van der Waals surface area contributed by atoms with Crippen molar-refractivity contribution in [3.05, 3.63) is 0 Å². The van der Waals surface area contributed by atoms with Crippen molar-refractivity contribution >= 4 is 0 Å². The van der Waals surface area contributed by atoms with Gasteiger partial charge in [0.2, 0.25) is 0 Å². The summed E-state index contributed by atoms with van der Waals surface area (Å²) in [4.78, 5) is 2.40. The van der Waals surface area contributed by atoms with E-state index in [-0.39, 0.29) is 6.10 Å². The summed E-state index contributed by atoms with van der Waals surface area (Å²) in [5.74, 6) is 0. The van der Waals surface area contributed by atoms with Gasteiger partial charge in [-0.3, -0.25) is 4.90 Å². The summed E-state index contributed by atoms with van der Waals surface area (Å²) in [5, 5.41) is 9.46. The SMILES string of the molecule is CCCC[C@H]1C[C@H](O)CN1CC. The minimum atomic E-state index is -0.0631. The zero-order valence-corrected chi connectivity index (χ0v) is 8.29. The Labute approximate surface area is 75.6 Å². The molecule has 0 aromatic rings. The largest absolute Gasteiger partial charge is 0.392 e. The van der Waals surface area contributed by atoms with Gasteiger partial charge in [0.25, 0.3) is 0 Å². The highest BCUT2D eigenvalue weighted by Gasteiger charge is 2.28. The molecule has 12 heavy (non-hydrogen) atoms. The Morgan fingerprint density at radius 3 is 2.75 bits per heavy atom. The number of unbranched alkanes of at least 4 members (excludes halogenated alkanes) is 1. The second-order valence-electron chi connectivity index (χ2n) is 3.77. The van der Waals surface area contributed by atoms with Crippen molar-refractivity contribution in [2.45, 2.75) is 51.7 Å². The van der Waals surface area contributed by atoms with Gasteiger partial charge in [-0.15, -0.1) is 0 Å². The van der Waals surface area contributed by atoms with E-state index in [0.717, 1.165) is 19.5 Å². The van der Waals surface area contributed by atoms with Crippen molar-refractivity contribution in [2.24, 2.45) is 0 Å². The maximum atomic E-state index is 9.46. The normalized spacial score (nSPS) is 31.2.